The zero-order chi connectivity index (χ0) is 18.4. The van der Waals surface area contributed by atoms with E-state index in [0.29, 0.717) is 12.0 Å². The molecular formula is C23H33N2O+. The zero-order valence-corrected chi connectivity index (χ0v) is 16.5. The highest BCUT2D eigenvalue weighted by molar-refractivity contribution is 5.39. The second-order valence-corrected chi connectivity index (χ2v) is 7.89. The molecule has 3 rings (SSSR count). The molecule has 2 atom stereocenters. The van der Waals surface area contributed by atoms with E-state index in [-0.39, 0.29) is 0 Å². The van der Waals surface area contributed by atoms with Gasteiger partial charge in [0, 0.05) is 30.8 Å². The maximum absolute atomic E-state index is 6.19. The quantitative estimate of drug-likeness (QED) is 0.759. The Morgan fingerprint density at radius 2 is 2.12 bits per heavy atom. The minimum Gasteiger partial charge on any atom is -0.493 e. The number of nitrogens with zero attached hydrogens (tertiary/aromatic N) is 1. The van der Waals surface area contributed by atoms with Crippen molar-refractivity contribution in [2.24, 2.45) is 0 Å². The van der Waals surface area contributed by atoms with Crippen molar-refractivity contribution in [3.8, 4) is 5.75 Å². The van der Waals surface area contributed by atoms with Gasteiger partial charge in [-0.3, -0.25) is 4.98 Å². The fraction of sp³-hybridized carbons (Fsp3) is 0.522. The van der Waals surface area contributed by atoms with Gasteiger partial charge in [0.2, 0.25) is 0 Å². The highest BCUT2D eigenvalue weighted by atomic mass is 16.5. The number of hydrogen-bond donors (Lipinski definition) is 1. The minimum absolute atomic E-state index is 0.494. The molecule has 1 aromatic carbocycles. The highest BCUT2D eigenvalue weighted by Crippen LogP contribution is 2.27. The van der Waals surface area contributed by atoms with Crippen LogP contribution in [0.5, 0.6) is 5.75 Å². The number of pyridine rings is 1. The van der Waals surface area contributed by atoms with Gasteiger partial charge in [0.25, 0.3) is 0 Å². The second-order valence-electron chi connectivity index (χ2n) is 7.89. The molecule has 1 saturated heterocycles. The molecule has 2 aromatic rings. The number of ether oxygens (including phenoxy) is 1. The number of rotatable bonds is 7. The van der Waals surface area contributed by atoms with Gasteiger partial charge in [-0.2, -0.15) is 0 Å². The molecule has 1 fully saturated rings. The first-order valence-corrected chi connectivity index (χ1v) is 10.1. The van der Waals surface area contributed by atoms with Gasteiger partial charge in [0.05, 0.1) is 19.7 Å². The monoisotopic (exact) mass is 353 g/mol. The molecule has 2 heterocycles. The summed E-state index contributed by atoms with van der Waals surface area (Å²) in [6, 6.07) is 11.5. The number of quaternary nitrogens is 1. The van der Waals surface area contributed by atoms with Gasteiger partial charge in [0.1, 0.15) is 11.8 Å². The van der Waals surface area contributed by atoms with E-state index < -0.39 is 0 Å². The van der Waals surface area contributed by atoms with Crippen molar-refractivity contribution in [2.45, 2.75) is 58.4 Å². The van der Waals surface area contributed by atoms with Crippen molar-refractivity contribution >= 4 is 0 Å². The predicted octanol–water partition coefficient (Wildman–Crippen LogP) is 4.09. The summed E-state index contributed by atoms with van der Waals surface area (Å²) >= 11 is 0. The fourth-order valence-electron chi connectivity index (χ4n) is 4.09. The van der Waals surface area contributed by atoms with E-state index in [4.69, 9.17) is 4.74 Å². The average Bonchev–Trinajstić information content (AvgIpc) is 2.66. The lowest BCUT2D eigenvalue weighted by Crippen LogP contribution is -3.13. The van der Waals surface area contributed by atoms with Crippen LogP contribution in [0.3, 0.4) is 0 Å². The van der Waals surface area contributed by atoms with Crippen LogP contribution < -0.4 is 9.64 Å². The van der Waals surface area contributed by atoms with Crippen LogP contribution in [0, 0.1) is 6.92 Å². The van der Waals surface area contributed by atoms with Gasteiger partial charge in [-0.1, -0.05) is 32.0 Å². The molecule has 3 nitrogen and oxygen atoms in total. The van der Waals surface area contributed by atoms with Gasteiger partial charge in [-0.25, -0.2) is 0 Å². The third-order valence-electron chi connectivity index (χ3n) is 5.51. The SMILES string of the molecule is Cc1ccc(C(C)C)c(OCCC[NH+]2CCCC[C@@H]2c2cccnc2)c1. The summed E-state index contributed by atoms with van der Waals surface area (Å²) in [6.45, 7) is 9.82. The Kier molecular flexibility index (Phi) is 6.67. The number of piperidine rings is 1. The summed E-state index contributed by atoms with van der Waals surface area (Å²) in [7, 11) is 0. The number of likely N-dealkylation sites (tertiary alicyclic amines) is 1. The first-order chi connectivity index (χ1) is 12.6. The maximum atomic E-state index is 6.19. The third kappa shape index (κ3) is 4.85. The van der Waals surface area contributed by atoms with Crippen LogP contribution in [0.15, 0.2) is 42.7 Å². The van der Waals surface area contributed by atoms with Crippen LogP contribution in [-0.2, 0) is 0 Å². The molecule has 3 heteroatoms. The van der Waals surface area contributed by atoms with Gasteiger partial charge >= 0.3 is 0 Å². The maximum Gasteiger partial charge on any atom is 0.123 e. The summed E-state index contributed by atoms with van der Waals surface area (Å²) in [5, 5.41) is 0. The number of nitrogens with one attached hydrogen (secondary N) is 1. The lowest BCUT2D eigenvalue weighted by Gasteiger charge is -2.32. The summed E-state index contributed by atoms with van der Waals surface area (Å²) in [4.78, 5) is 6.02. The molecule has 1 unspecified atom stereocenters. The average molecular weight is 354 g/mol. The van der Waals surface area contributed by atoms with Crippen LogP contribution >= 0.6 is 0 Å². The molecule has 1 N–H and O–H groups in total. The zero-order valence-electron chi connectivity index (χ0n) is 16.5. The molecule has 1 aromatic heterocycles. The summed E-state index contributed by atoms with van der Waals surface area (Å²) < 4.78 is 6.19. The summed E-state index contributed by atoms with van der Waals surface area (Å²) in [6.07, 6.45) is 8.96. The Bertz CT molecular complexity index is 684. The van der Waals surface area contributed by atoms with Crippen LogP contribution in [0.4, 0.5) is 0 Å². The summed E-state index contributed by atoms with van der Waals surface area (Å²) in [5.74, 6) is 1.56. The van der Waals surface area contributed by atoms with E-state index in [1.807, 2.05) is 12.4 Å². The molecule has 1 aliphatic rings. The van der Waals surface area contributed by atoms with Crippen molar-refractivity contribution in [3.63, 3.8) is 0 Å². The van der Waals surface area contributed by atoms with Crippen molar-refractivity contribution in [1.82, 2.24) is 4.98 Å². The Morgan fingerprint density at radius 3 is 2.88 bits per heavy atom. The first-order valence-electron chi connectivity index (χ1n) is 10.1. The van der Waals surface area contributed by atoms with Gasteiger partial charge in [0.15, 0.2) is 0 Å². The van der Waals surface area contributed by atoms with Crippen LogP contribution in [-0.4, -0.2) is 24.7 Å². The molecule has 0 spiro atoms. The number of aromatic nitrogens is 1. The van der Waals surface area contributed by atoms with Crippen LogP contribution in [0.1, 0.15) is 68.2 Å². The van der Waals surface area contributed by atoms with E-state index in [9.17, 15) is 0 Å². The Morgan fingerprint density at radius 1 is 1.23 bits per heavy atom. The van der Waals surface area contributed by atoms with Crippen LogP contribution in [0.25, 0.3) is 0 Å². The Hall–Kier alpha value is -1.87. The van der Waals surface area contributed by atoms with Gasteiger partial charge < -0.3 is 9.64 Å². The molecule has 0 radical (unpaired) electrons. The lowest BCUT2D eigenvalue weighted by molar-refractivity contribution is -0.937. The second kappa shape index (κ2) is 9.18. The third-order valence-corrected chi connectivity index (χ3v) is 5.51. The van der Waals surface area contributed by atoms with E-state index >= 15 is 0 Å². The molecule has 1 aliphatic heterocycles. The van der Waals surface area contributed by atoms with Crippen LogP contribution in [0.2, 0.25) is 0 Å². The van der Waals surface area contributed by atoms with E-state index in [1.165, 1.54) is 49.0 Å². The number of hydrogen-bond acceptors (Lipinski definition) is 2. The lowest BCUT2D eigenvalue weighted by atomic mass is 9.96. The summed E-state index contributed by atoms with van der Waals surface area (Å²) in [5.41, 5.74) is 3.97. The molecule has 0 aliphatic carbocycles. The fourth-order valence-corrected chi connectivity index (χ4v) is 4.09. The molecular weight excluding hydrogens is 320 g/mol. The molecule has 26 heavy (non-hydrogen) atoms. The van der Waals surface area contributed by atoms with Crippen molar-refractivity contribution in [2.75, 3.05) is 19.7 Å². The molecule has 0 bridgehead atoms. The van der Waals surface area contributed by atoms with Gasteiger partial charge in [-0.05, 0) is 48.9 Å². The molecule has 140 valence electrons. The topological polar surface area (TPSA) is 26.6 Å². The van der Waals surface area contributed by atoms with E-state index in [2.05, 4.69) is 56.1 Å². The Balaban J connectivity index is 1.55. The van der Waals surface area contributed by atoms with E-state index in [0.717, 1.165) is 18.8 Å². The van der Waals surface area contributed by atoms with E-state index in [1.54, 1.807) is 4.90 Å². The standard InChI is InChI=1S/C23H32N2O/c1-18(2)21-11-10-19(3)16-23(21)26-15-7-14-25-13-5-4-9-22(25)20-8-6-12-24-17-20/h6,8,10-12,16-18,22H,4-5,7,9,13-15H2,1-3H3/p+1/t22-/m1/s1. The van der Waals surface area contributed by atoms with Crippen molar-refractivity contribution < 1.29 is 9.64 Å². The highest BCUT2D eigenvalue weighted by Gasteiger charge is 2.27. The minimum atomic E-state index is 0.494. The van der Waals surface area contributed by atoms with Crippen molar-refractivity contribution in [3.05, 3.63) is 59.4 Å². The normalized spacial score (nSPS) is 20.3. The molecule has 0 saturated carbocycles. The number of benzene rings is 1. The number of aryl methyl sites for hydroxylation is 1. The predicted molar refractivity (Wildman–Crippen MR) is 107 cm³/mol. The van der Waals surface area contributed by atoms with Gasteiger partial charge in [-0.15, -0.1) is 0 Å². The smallest absolute Gasteiger partial charge is 0.123 e. The molecule has 0 amide bonds. The Labute approximate surface area is 158 Å². The van der Waals surface area contributed by atoms with Crippen molar-refractivity contribution in [1.29, 1.82) is 0 Å². The largest absolute Gasteiger partial charge is 0.493 e. The first kappa shape index (κ1) is 18.9.